The topological polar surface area (TPSA) is 49.4 Å². The van der Waals surface area contributed by atoms with Gasteiger partial charge in [-0.15, -0.1) is 0 Å². The van der Waals surface area contributed by atoms with Crippen LogP contribution in [0.5, 0.6) is 0 Å². The molecule has 27 heavy (non-hydrogen) atoms. The van der Waals surface area contributed by atoms with E-state index < -0.39 is 0 Å². The SMILES string of the molecule is CN(C)C(=O)c1cccc(CNC(=O)CCc2ccc(C(C)(C)C)cc2)c1. The molecule has 0 heterocycles. The molecule has 2 aromatic rings. The minimum Gasteiger partial charge on any atom is -0.352 e. The Labute approximate surface area is 162 Å². The normalized spacial score (nSPS) is 11.1. The predicted molar refractivity (Wildman–Crippen MR) is 110 cm³/mol. The Hall–Kier alpha value is -2.62. The summed E-state index contributed by atoms with van der Waals surface area (Å²) in [5.41, 5.74) is 4.15. The van der Waals surface area contributed by atoms with Crippen molar-refractivity contribution in [3.8, 4) is 0 Å². The van der Waals surface area contributed by atoms with Crippen LogP contribution in [-0.2, 0) is 23.2 Å². The summed E-state index contributed by atoms with van der Waals surface area (Å²) in [6.07, 6.45) is 1.17. The number of hydrogen-bond acceptors (Lipinski definition) is 2. The zero-order valence-corrected chi connectivity index (χ0v) is 17.0. The molecule has 0 unspecified atom stereocenters. The first-order valence-electron chi connectivity index (χ1n) is 9.33. The van der Waals surface area contributed by atoms with Crippen molar-refractivity contribution in [3.05, 3.63) is 70.8 Å². The van der Waals surface area contributed by atoms with Crippen LogP contribution in [0.2, 0.25) is 0 Å². The maximum atomic E-state index is 12.2. The van der Waals surface area contributed by atoms with Gasteiger partial charge in [-0.25, -0.2) is 0 Å². The van der Waals surface area contributed by atoms with Crippen LogP contribution in [0.15, 0.2) is 48.5 Å². The number of hydrogen-bond donors (Lipinski definition) is 1. The van der Waals surface area contributed by atoms with Crippen LogP contribution in [0.25, 0.3) is 0 Å². The molecule has 4 nitrogen and oxygen atoms in total. The van der Waals surface area contributed by atoms with Crippen molar-refractivity contribution in [3.63, 3.8) is 0 Å². The van der Waals surface area contributed by atoms with Crippen LogP contribution in [0.1, 0.15) is 54.2 Å². The van der Waals surface area contributed by atoms with Crippen molar-refractivity contribution in [2.24, 2.45) is 0 Å². The Morgan fingerprint density at radius 2 is 1.63 bits per heavy atom. The smallest absolute Gasteiger partial charge is 0.253 e. The number of rotatable bonds is 6. The van der Waals surface area contributed by atoms with E-state index in [1.807, 2.05) is 18.2 Å². The lowest BCUT2D eigenvalue weighted by Crippen LogP contribution is -2.24. The van der Waals surface area contributed by atoms with Crippen molar-refractivity contribution in [2.75, 3.05) is 14.1 Å². The summed E-state index contributed by atoms with van der Waals surface area (Å²) in [6.45, 7) is 7.00. The zero-order valence-electron chi connectivity index (χ0n) is 17.0. The third-order valence-corrected chi connectivity index (χ3v) is 4.53. The number of benzene rings is 2. The van der Waals surface area contributed by atoms with Gasteiger partial charge in [0.1, 0.15) is 0 Å². The third-order valence-electron chi connectivity index (χ3n) is 4.53. The minimum absolute atomic E-state index is 0.0132. The summed E-state index contributed by atoms with van der Waals surface area (Å²) < 4.78 is 0. The van der Waals surface area contributed by atoms with Crippen LogP contribution in [-0.4, -0.2) is 30.8 Å². The molecule has 144 valence electrons. The summed E-state index contributed by atoms with van der Waals surface area (Å²) in [6, 6.07) is 15.9. The van der Waals surface area contributed by atoms with E-state index in [4.69, 9.17) is 0 Å². The van der Waals surface area contributed by atoms with E-state index in [0.717, 1.165) is 17.5 Å². The van der Waals surface area contributed by atoms with Gasteiger partial charge in [-0.05, 0) is 40.7 Å². The van der Waals surface area contributed by atoms with Gasteiger partial charge >= 0.3 is 0 Å². The van der Waals surface area contributed by atoms with Gasteiger partial charge in [-0.1, -0.05) is 57.2 Å². The molecule has 0 fully saturated rings. The molecule has 0 spiro atoms. The van der Waals surface area contributed by atoms with Crippen LogP contribution >= 0.6 is 0 Å². The molecule has 0 bridgehead atoms. The number of carbonyl (C=O) groups is 2. The van der Waals surface area contributed by atoms with Gasteiger partial charge in [0.25, 0.3) is 5.91 Å². The fourth-order valence-electron chi connectivity index (χ4n) is 2.79. The second kappa shape index (κ2) is 8.85. The van der Waals surface area contributed by atoms with Crippen molar-refractivity contribution in [1.82, 2.24) is 10.2 Å². The molecule has 0 atom stereocenters. The van der Waals surface area contributed by atoms with Gasteiger partial charge in [0.05, 0.1) is 0 Å². The molecule has 0 saturated carbocycles. The van der Waals surface area contributed by atoms with Crippen LogP contribution in [0.4, 0.5) is 0 Å². The van der Waals surface area contributed by atoms with Gasteiger partial charge in [-0.2, -0.15) is 0 Å². The number of nitrogens with one attached hydrogen (secondary N) is 1. The second-order valence-electron chi connectivity index (χ2n) is 8.12. The maximum absolute atomic E-state index is 12.2. The van der Waals surface area contributed by atoms with Gasteiger partial charge in [0.15, 0.2) is 0 Å². The van der Waals surface area contributed by atoms with Gasteiger partial charge < -0.3 is 10.2 Å². The lowest BCUT2D eigenvalue weighted by atomic mass is 9.86. The van der Waals surface area contributed by atoms with Crippen molar-refractivity contribution in [2.45, 2.75) is 45.6 Å². The first-order valence-corrected chi connectivity index (χ1v) is 9.33. The molecular formula is C23H30N2O2. The molecule has 0 aliphatic carbocycles. The molecule has 0 aliphatic heterocycles. The molecule has 2 rings (SSSR count). The molecule has 0 radical (unpaired) electrons. The van der Waals surface area contributed by atoms with Crippen LogP contribution in [0.3, 0.4) is 0 Å². The molecule has 2 amide bonds. The van der Waals surface area contributed by atoms with E-state index in [-0.39, 0.29) is 17.2 Å². The average Bonchev–Trinajstić information content (AvgIpc) is 2.63. The number of nitrogens with zero attached hydrogens (tertiary/aromatic N) is 1. The zero-order chi connectivity index (χ0) is 20.0. The molecule has 2 aromatic carbocycles. The van der Waals surface area contributed by atoms with E-state index in [1.165, 1.54) is 5.56 Å². The van der Waals surface area contributed by atoms with Gasteiger partial charge in [0, 0.05) is 32.6 Å². The summed E-state index contributed by atoms with van der Waals surface area (Å²) in [5, 5.41) is 2.94. The van der Waals surface area contributed by atoms with E-state index in [2.05, 4.69) is 50.4 Å². The van der Waals surface area contributed by atoms with E-state index in [9.17, 15) is 9.59 Å². The Morgan fingerprint density at radius 3 is 2.22 bits per heavy atom. The molecule has 0 aromatic heterocycles. The van der Waals surface area contributed by atoms with Gasteiger partial charge in [-0.3, -0.25) is 9.59 Å². The highest BCUT2D eigenvalue weighted by Gasteiger charge is 2.13. The molecule has 4 heteroatoms. The van der Waals surface area contributed by atoms with E-state index in [1.54, 1.807) is 25.1 Å². The predicted octanol–water partition coefficient (Wildman–Crippen LogP) is 3.93. The van der Waals surface area contributed by atoms with Crippen LogP contribution < -0.4 is 5.32 Å². The average molecular weight is 367 g/mol. The van der Waals surface area contributed by atoms with Crippen molar-refractivity contribution < 1.29 is 9.59 Å². The largest absolute Gasteiger partial charge is 0.352 e. The molecular weight excluding hydrogens is 336 g/mol. The fraction of sp³-hybridized carbons (Fsp3) is 0.391. The number of carbonyl (C=O) groups excluding carboxylic acids is 2. The molecule has 1 N–H and O–H groups in total. The van der Waals surface area contributed by atoms with Crippen molar-refractivity contribution in [1.29, 1.82) is 0 Å². The maximum Gasteiger partial charge on any atom is 0.253 e. The van der Waals surface area contributed by atoms with E-state index >= 15 is 0 Å². The minimum atomic E-state index is -0.0399. The molecule has 0 saturated heterocycles. The standard InChI is InChI=1S/C23H30N2O2/c1-23(2,3)20-12-9-17(10-13-20)11-14-21(26)24-16-18-7-6-8-19(15-18)22(27)25(4)5/h6-10,12-13,15H,11,14,16H2,1-5H3,(H,24,26). The summed E-state index contributed by atoms with van der Waals surface area (Å²) in [4.78, 5) is 25.7. The number of aryl methyl sites for hydroxylation is 1. The molecule has 0 aliphatic rings. The lowest BCUT2D eigenvalue weighted by Gasteiger charge is -2.19. The fourth-order valence-corrected chi connectivity index (χ4v) is 2.79. The summed E-state index contributed by atoms with van der Waals surface area (Å²) in [7, 11) is 3.45. The lowest BCUT2D eigenvalue weighted by molar-refractivity contribution is -0.121. The summed E-state index contributed by atoms with van der Waals surface area (Å²) in [5.74, 6) is -0.0267. The van der Waals surface area contributed by atoms with Gasteiger partial charge in [0.2, 0.25) is 5.91 Å². The highest BCUT2D eigenvalue weighted by atomic mass is 16.2. The Balaban J connectivity index is 1.84. The third kappa shape index (κ3) is 6.24. The van der Waals surface area contributed by atoms with E-state index in [0.29, 0.717) is 18.5 Å². The summed E-state index contributed by atoms with van der Waals surface area (Å²) >= 11 is 0. The highest BCUT2D eigenvalue weighted by Crippen LogP contribution is 2.22. The monoisotopic (exact) mass is 366 g/mol. The number of amides is 2. The quantitative estimate of drug-likeness (QED) is 0.842. The first kappa shape index (κ1) is 20.7. The first-order chi connectivity index (χ1) is 12.7. The van der Waals surface area contributed by atoms with Crippen LogP contribution in [0, 0.1) is 0 Å². The highest BCUT2D eigenvalue weighted by molar-refractivity contribution is 5.94. The Kier molecular flexibility index (Phi) is 6.78. The second-order valence-corrected chi connectivity index (χ2v) is 8.12. The Morgan fingerprint density at radius 1 is 0.963 bits per heavy atom. The van der Waals surface area contributed by atoms with Crippen molar-refractivity contribution >= 4 is 11.8 Å². The Bertz CT molecular complexity index is 787.